The summed E-state index contributed by atoms with van der Waals surface area (Å²) >= 11 is 0. The number of halogens is 3. The van der Waals surface area contributed by atoms with Gasteiger partial charge in [-0.05, 0) is 36.5 Å². The molecule has 0 aromatic rings. The fourth-order valence-corrected chi connectivity index (χ4v) is 3.68. The van der Waals surface area contributed by atoms with Crippen LogP contribution >= 0.6 is 0 Å². The van der Waals surface area contributed by atoms with Crippen molar-refractivity contribution in [3.63, 3.8) is 0 Å². The molecule has 4 rings (SSSR count). The fraction of sp³-hybridized carbons (Fsp3) is 0.750. The van der Waals surface area contributed by atoms with Crippen molar-refractivity contribution in [1.82, 2.24) is 4.90 Å². The maximum absolute atomic E-state index is 12.4. The van der Waals surface area contributed by atoms with Crippen molar-refractivity contribution >= 4 is 5.91 Å². The van der Waals surface area contributed by atoms with Crippen LogP contribution in [0, 0.1) is 23.7 Å². The van der Waals surface area contributed by atoms with Gasteiger partial charge in [0.1, 0.15) is 0 Å². The monoisotopic (exact) mass is 245 g/mol. The van der Waals surface area contributed by atoms with Crippen LogP contribution in [0.4, 0.5) is 13.2 Å². The molecule has 0 N–H and O–H groups in total. The quantitative estimate of drug-likeness (QED) is 0.599. The normalized spacial score (nSPS) is 39.6. The Balaban J connectivity index is 1.77. The highest BCUT2D eigenvalue weighted by molar-refractivity contribution is 5.82. The Morgan fingerprint density at radius 3 is 1.88 bits per heavy atom. The van der Waals surface area contributed by atoms with E-state index in [2.05, 4.69) is 12.2 Å². The standard InChI is InChI=1S/C12H14F3NO/c13-12(14,15)11(17)16-5-9-7-1-2-8(4-3-7)10(9)6-16/h1-2,7-10H,3-6H2. The van der Waals surface area contributed by atoms with E-state index in [4.69, 9.17) is 0 Å². The topological polar surface area (TPSA) is 20.3 Å². The average molecular weight is 245 g/mol. The third kappa shape index (κ3) is 1.67. The largest absolute Gasteiger partial charge is 0.471 e. The molecule has 2 fully saturated rings. The summed E-state index contributed by atoms with van der Waals surface area (Å²) in [6.07, 6.45) is 1.68. The maximum atomic E-state index is 12.4. The lowest BCUT2D eigenvalue weighted by Gasteiger charge is -2.40. The first-order chi connectivity index (χ1) is 7.97. The summed E-state index contributed by atoms with van der Waals surface area (Å²) in [5, 5.41) is 0. The van der Waals surface area contributed by atoms with Crippen molar-refractivity contribution in [1.29, 1.82) is 0 Å². The van der Waals surface area contributed by atoms with E-state index in [9.17, 15) is 18.0 Å². The zero-order valence-corrected chi connectivity index (χ0v) is 9.28. The maximum Gasteiger partial charge on any atom is 0.471 e. The van der Waals surface area contributed by atoms with Gasteiger partial charge < -0.3 is 4.90 Å². The molecular formula is C12H14F3NO. The van der Waals surface area contributed by atoms with Crippen LogP contribution in [0.3, 0.4) is 0 Å². The number of likely N-dealkylation sites (tertiary alicyclic amines) is 1. The summed E-state index contributed by atoms with van der Waals surface area (Å²) in [4.78, 5) is 12.2. The molecule has 1 heterocycles. The Morgan fingerprint density at radius 2 is 1.53 bits per heavy atom. The summed E-state index contributed by atoms with van der Waals surface area (Å²) in [5.41, 5.74) is 0. The minimum atomic E-state index is -4.72. The Morgan fingerprint density at radius 1 is 1.06 bits per heavy atom. The lowest BCUT2D eigenvalue weighted by molar-refractivity contribution is -0.184. The number of rotatable bonds is 0. The van der Waals surface area contributed by atoms with E-state index in [0.717, 1.165) is 17.7 Å². The van der Waals surface area contributed by atoms with E-state index >= 15 is 0 Å². The number of amides is 1. The molecule has 1 aliphatic heterocycles. The van der Waals surface area contributed by atoms with E-state index in [1.54, 1.807) is 0 Å². The number of hydrogen-bond acceptors (Lipinski definition) is 1. The number of carbonyl (C=O) groups excluding carboxylic acids is 1. The van der Waals surface area contributed by atoms with Crippen molar-refractivity contribution in [3.8, 4) is 0 Å². The third-order valence-corrected chi connectivity index (χ3v) is 4.48. The van der Waals surface area contributed by atoms with Crippen molar-refractivity contribution in [2.75, 3.05) is 13.1 Å². The molecule has 94 valence electrons. The van der Waals surface area contributed by atoms with Crippen LogP contribution in [0.2, 0.25) is 0 Å². The second kappa shape index (κ2) is 3.50. The minimum absolute atomic E-state index is 0.255. The molecule has 4 aliphatic rings. The van der Waals surface area contributed by atoms with Gasteiger partial charge in [0.15, 0.2) is 0 Å². The third-order valence-electron chi connectivity index (χ3n) is 4.48. The van der Waals surface area contributed by atoms with Crippen molar-refractivity contribution in [2.24, 2.45) is 23.7 Å². The van der Waals surface area contributed by atoms with E-state index in [1.807, 2.05) is 0 Å². The first-order valence-corrected chi connectivity index (χ1v) is 6.01. The van der Waals surface area contributed by atoms with Crippen LogP contribution in [0.5, 0.6) is 0 Å². The number of fused-ring (bicyclic) bond motifs is 1. The predicted octanol–water partition coefficient (Wildman–Crippen LogP) is 2.22. The van der Waals surface area contributed by atoms with E-state index < -0.39 is 12.1 Å². The van der Waals surface area contributed by atoms with Crippen LogP contribution < -0.4 is 0 Å². The number of allylic oxidation sites excluding steroid dienone is 2. The molecule has 1 saturated carbocycles. The molecular weight excluding hydrogens is 231 g/mol. The first kappa shape index (κ1) is 11.1. The molecule has 17 heavy (non-hydrogen) atoms. The van der Waals surface area contributed by atoms with Crippen LogP contribution in [-0.4, -0.2) is 30.1 Å². The second-order valence-corrected chi connectivity index (χ2v) is 5.33. The molecule has 4 unspecified atom stereocenters. The zero-order valence-electron chi connectivity index (χ0n) is 9.28. The summed E-state index contributed by atoms with van der Waals surface area (Å²) in [6.45, 7) is 0.572. The summed E-state index contributed by atoms with van der Waals surface area (Å²) < 4.78 is 37.1. The summed E-state index contributed by atoms with van der Waals surface area (Å²) in [7, 11) is 0. The molecule has 5 heteroatoms. The minimum Gasteiger partial charge on any atom is -0.334 e. The molecule has 1 amide bonds. The molecule has 0 spiro atoms. The second-order valence-electron chi connectivity index (χ2n) is 5.33. The van der Waals surface area contributed by atoms with Crippen LogP contribution in [0.1, 0.15) is 12.8 Å². The number of nitrogens with zero attached hydrogens (tertiary/aromatic N) is 1. The van der Waals surface area contributed by atoms with Crippen molar-refractivity contribution in [2.45, 2.75) is 19.0 Å². The average Bonchev–Trinajstić information content (AvgIpc) is 2.74. The number of carbonyl (C=O) groups is 1. The van der Waals surface area contributed by atoms with Gasteiger partial charge in [0, 0.05) is 13.1 Å². The molecule has 2 nitrogen and oxygen atoms in total. The number of hydrogen-bond donors (Lipinski definition) is 0. The molecule has 4 atom stereocenters. The zero-order chi connectivity index (χ0) is 12.2. The number of alkyl halides is 3. The molecule has 2 bridgehead atoms. The Labute approximate surface area is 97.5 Å². The van der Waals surface area contributed by atoms with Gasteiger partial charge in [-0.2, -0.15) is 13.2 Å². The van der Waals surface area contributed by atoms with Gasteiger partial charge in [0.2, 0.25) is 0 Å². The molecule has 0 aromatic carbocycles. The van der Waals surface area contributed by atoms with Gasteiger partial charge in [-0.3, -0.25) is 4.79 Å². The SMILES string of the molecule is O=C(N1CC2C3C=CC(CC3)C2C1)C(F)(F)F. The van der Waals surface area contributed by atoms with E-state index in [-0.39, 0.29) is 24.9 Å². The first-order valence-electron chi connectivity index (χ1n) is 6.01. The van der Waals surface area contributed by atoms with Gasteiger partial charge in [0.25, 0.3) is 0 Å². The fourth-order valence-electron chi connectivity index (χ4n) is 3.68. The Hall–Kier alpha value is -1.00. The Kier molecular flexibility index (Phi) is 2.28. The molecule has 1 saturated heterocycles. The van der Waals surface area contributed by atoms with Crippen LogP contribution in [-0.2, 0) is 4.79 Å². The van der Waals surface area contributed by atoms with Crippen LogP contribution in [0.25, 0.3) is 0 Å². The highest BCUT2D eigenvalue weighted by Gasteiger charge is 2.51. The lowest BCUT2D eigenvalue weighted by atomic mass is 9.64. The van der Waals surface area contributed by atoms with Gasteiger partial charge in [-0.25, -0.2) is 0 Å². The predicted molar refractivity (Wildman–Crippen MR) is 55.0 cm³/mol. The highest BCUT2D eigenvalue weighted by Crippen LogP contribution is 2.48. The van der Waals surface area contributed by atoms with E-state index in [1.165, 1.54) is 0 Å². The molecule has 3 aliphatic carbocycles. The van der Waals surface area contributed by atoms with Gasteiger partial charge in [-0.1, -0.05) is 12.2 Å². The molecule has 0 radical (unpaired) electrons. The summed E-state index contributed by atoms with van der Waals surface area (Å²) in [5.74, 6) is -0.381. The van der Waals surface area contributed by atoms with Gasteiger partial charge in [0.05, 0.1) is 0 Å². The van der Waals surface area contributed by atoms with Gasteiger partial charge >= 0.3 is 12.1 Å². The van der Waals surface area contributed by atoms with Crippen molar-refractivity contribution in [3.05, 3.63) is 12.2 Å². The smallest absolute Gasteiger partial charge is 0.334 e. The highest BCUT2D eigenvalue weighted by atomic mass is 19.4. The van der Waals surface area contributed by atoms with Crippen molar-refractivity contribution < 1.29 is 18.0 Å². The van der Waals surface area contributed by atoms with Crippen LogP contribution in [0.15, 0.2) is 12.2 Å². The van der Waals surface area contributed by atoms with Gasteiger partial charge in [-0.15, -0.1) is 0 Å². The summed E-state index contributed by atoms with van der Waals surface area (Å²) in [6, 6.07) is 0. The Bertz CT molecular complexity index is 354. The van der Waals surface area contributed by atoms with E-state index in [0.29, 0.717) is 11.8 Å². The lowest BCUT2D eigenvalue weighted by Crippen LogP contribution is -2.40. The molecule has 0 aromatic heterocycles.